The molecule has 1 saturated carbocycles. The number of rotatable bonds is 6. The second-order valence-corrected chi connectivity index (χ2v) is 5.78. The van der Waals surface area contributed by atoms with Crippen LogP contribution in [0.5, 0.6) is 0 Å². The smallest absolute Gasteiger partial charge is 0.293 e. The van der Waals surface area contributed by atoms with Gasteiger partial charge in [-0.15, -0.1) is 0 Å². The van der Waals surface area contributed by atoms with Gasteiger partial charge in [0, 0.05) is 24.8 Å². The third-order valence-corrected chi connectivity index (χ3v) is 4.08. The number of hydrogen-bond acceptors (Lipinski definition) is 5. The minimum absolute atomic E-state index is 0.0457. The summed E-state index contributed by atoms with van der Waals surface area (Å²) in [5, 5.41) is 14.6. The van der Waals surface area contributed by atoms with Crippen LogP contribution in [-0.2, 0) is 4.74 Å². The van der Waals surface area contributed by atoms with E-state index in [0.717, 1.165) is 31.2 Å². The Balaban J connectivity index is 2.30. The predicted octanol–water partition coefficient (Wildman–Crippen LogP) is 3.48. The van der Waals surface area contributed by atoms with Gasteiger partial charge in [-0.2, -0.15) is 0 Å². The summed E-state index contributed by atoms with van der Waals surface area (Å²) in [5.74, 6) is -0.243. The van der Waals surface area contributed by atoms with Crippen LogP contribution in [0.15, 0.2) is 12.1 Å². The molecule has 0 aromatic heterocycles. The zero-order valence-electron chi connectivity index (χ0n) is 13.1. The van der Waals surface area contributed by atoms with Crippen molar-refractivity contribution in [3.63, 3.8) is 0 Å². The molecule has 2 rings (SSSR count). The highest BCUT2D eigenvalue weighted by Crippen LogP contribution is 2.31. The fourth-order valence-electron chi connectivity index (χ4n) is 2.94. The van der Waals surface area contributed by atoms with Gasteiger partial charge in [0.25, 0.3) is 5.69 Å². The first-order chi connectivity index (χ1) is 10.5. The first kappa shape index (κ1) is 16.4. The topological polar surface area (TPSA) is 81.5 Å². The summed E-state index contributed by atoms with van der Waals surface area (Å²) in [5.41, 5.74) is 1.53. The number of carbonyl (C=O) groups is 1. The molecule has 1 aromatic carbocycles. The first-order valence-corrected chi connectivity index (χ1v) is 7.60. The van der Waals surface area contributed by atoms with Crippen molar-refractivity contribution < 1.29 is 14.5 Å². The lowest BCUT2D eigenvalue weighted by Gasteiger charge is -2.24. The Morgan fingerprint density at radius 2 is 2.05 bits per heavy atom. The fraction of sp³-hybridized carbons (Fsp3) is 0.562. The molecular formula is C16H22N2O4. The molecule has 0 radical (unpaired) electrons. The molecule has 0 aliphatic heterocycles. The van der Waals surface area contributed by atoms with Crippen LogP contribution in [0.1, 0.15) is 48.0 Å². The van der Waals surface area contributed by atoms with E-state index in [1.54, 1.807) is 13.0 Å². The van der Waals surface area contributed by atoms with Gasteiger partial charge in [-0.1, -0.05) is 19.3 Å². The molecule has 1 aliphatic carbocycles. The molecule has 6 nitrogen and oxygen atoms in total. The highest BCUT2D eigenvalue weighted by Gasteiger charge is 2.22. The maximum Gasteiger partial charge on any atom is 0.293 e. The number of Topliss-reactive ketones (excluding diaryl/α,β-unsaturated/α-hetero) is 1. The summed E-state index contributed by atoms with van der Waals surface area (Å²) in [7, 11) is 1.43. The first-order valence-electron chi connectivity index (χ1n) is 7.60. The Morgan fingerprint density at radius 3 is 2.64 bits per heavy atom. The van der Waals surface area contributed by atoms with Crippen molar-refractivity contribution in [1.82, 2.24) is 0 Å². The monoisotopic (exact) mass is 306 g/mol. The average molecular weight is 306 g/mol. The van der Waals surface area contributed by atoms with Crippen molar-refractivity contribution in [2.45, 2.75) is 45.1 Å². The number of anilines is 1. The van der Waals surface area contributed by atoms with E-state index in [1.165, 1.54) is 19.6 Å². The highest BCUT2D eigenvalue weighted by molar-refractivity contribution is 5.99. The molecule has 0 atom stereocenters. The van der Waals surface area contributed by atoms with Crippen molar-refractivity contribution in [2.24, 2.45) is 0 Å². The summed E-state index contributed by atoms with van der Waals surface area (Å²) in [6.45, 7) is 1.71. The Hall–Kier alpha value is -1.95. The van der Waals surface area contributed by atoms with Gasteiger partial charge in [-0.3, -0.25) is 14.9 Å². The van der Waals surface area contributed by atoms with E-state index in [2.05, 4.69) is 5.32 Å². The van der Waals surface area contributed by atoms with Gasteiger partial charge in [0.1, 0.15) is 12.3 Å². The lowest BCUT2D eigenvalue weighted by atomic mass is 9.94. The number of carbonyl (C=O) groups excluding carboxylic acids is 1. The van der Waals surface area contributed by atoms with Crippen LogP contribution in [0.2, 0.25) is 0 Å². The van der Waals surface area contributed by atoms with E-state index in [-0.39, 0.29) is 24.1 Å². The third kappa shape index (κ3) is 3.82. The summed E-state index contributed by atoms with van der Waals surface area (Å²) in [4.78, 5) is 22.9. The van der Waals surface area contributed by atoms with Crippen molar-refractivity contribution in [3.8, 4) is 0 Å². The zero-order chi connectivity index (χ0) is 16.1. The standard InChI is InChI=1S/C16H22N2O4/c1-11-8-14(17-12-6-4-3-5-7-12)15(18(20)21)9-13(11)16(19)10-22-2/h8-9,12,17H,3-7,10H2,1-2H3. The Labute approximate surface area is 130 Å². The number of ether oxygens (including phenoxy) is 1. The Morgan fingerprint density at radius 1 is 1.36 bits per heavy atom. The lowest BCUT2D eigenvalue weighted by Crippen LogP contribution is -2.23. The van der Waals surface area contributed by atoms with Crippen LogP contribution in [0.4, 0.5) is 11.4 Å². The summed E-state index contributed by atoms with van der Waals surface area (Å²) in [6, 6.07) is 3.34. The lowest BCUT2D eigenvalue weighted by molar-refractivity contribution is -0.384. The quantitative estimate of drug-likeness (QED) is 0.494. The SMILES string of the molecule is COCC(=O)c1cc([N+](=O)[O-])c(NC2CCCCC2)cc1C. The van der Waals surface area contributed by atoms with Crippen LogP contribution < -0.4 is 5.32 Å². The minimum Gasteiger partial charge on any atom is -0.377 e. The van der Waals surface area contributed by atoms with E-state index in [0.29, 0.717) is 11.3 Å². The normalized spacial score (nSPS) is 15.5. The molecule has 120 valence electrons. The van der Waals surface area contributed by atoms with Gasteiger partial charge in [0.05, 0.1) is 4.92 Å². The van der Waals surface area contributed by atoms with E-state index < -0.39 is 4.92 Å². The van der Waals surface area contributed by atoms with Gasteiger partial charge < -0.3 is 10.1 Å². The van der Waals surface area contributed by atoms with Gasteiger partial charge in [0.15, 0.2) is 5.78 Å². The second kappa shape index (κ2) is 7.35. The third-order valence-electron chi connectivity index (χ3n) is 4.08. The number of hydrogen-bond donors (Lipinski definition) is 1. The predicted molar refractivity (Wildman–Crippen MR) is 84.5 cm³/mol. The molecule has 22 heavy (non-hydrogen) atoms. The second-order valence-electron chi connectivity index (χ2n) is 5.78. The van der Waals surface area contributed by atoms with E-state index in [1.807, 2.05) is 0 Å². The summed E-state index contributed by atoms with van der Waals surface area (Å²) >= 11 is 0. The van der Waals surface area contributed by atoms with Gasteiger partial charge in [-0.05, 0) is 31.4 Å². The van der Waals surface area contributed by atoms with E-state index >= 15 is 0 Å². The number of nitro benzene ring substituents is 1. The summed E-state index contributed by atoms with van der Waals surface area (Å²) < 4.78 is 4.83. The molecule has 1 N–H and O–H groups in total. The number of benzene rings is 1. The van der Waals surface area contributed by atoms with Crippen molar-refractivity contribution in [3.05, 3.63) is 33.4 Å². The van der Waals surface area contributed by atoms with Crippen LogP contribution >= 0.6 is 0 Å². The highest BCUT2D eigenvalue weighted by atomic mass is 16.6. The molecule has 1 fully saturated rings. The molecule has 0 saturated heterocycles. The molecule has 6 heteroatoms. The van der Waals surface area contributed by atoms with E-state index in [9.17, 15) is 14.9 Å². The largest absolute Gasteiger partial charge is 0.377 e. The number of nitrogens with one attached hydrogen (secondary N) is 1. The number of nitro groups is 1. The van der Waals surface area contributed by atoms with Crippen LogP contribution in [0.25, 0.3) is 0 Å². The molecule has 1 aromatic rings. The zero-order valence-corrected chi connectivity index (χ0v) is 13.1. The van der Waals surface area contributed by atoms with Gasteiger partial charge in [-0.25, -0.2) is 0 Å². The van der Waals surface area contributed by atoms with Gasteiger partial charge >= 0.3 is 0 Å². The molecule has 0 heterocycles. The number of nitrogens with zero attached hydrogens (tertiary/aromatic N) is 1. The fourth-order valence-corrected chi connectivity index (χ4v) is 2.94. The number of aryl methyl sites for hydroxylation is 1. The number of ketones is 1. The van der Waals surface area contributed by atoms with E-state index in [4.69, 9.17) is 4.74 Å². The average Bonchev–Trinajstić information content (AvgIpc) is 2.48. The molecule has 0 amide bonds. The maximum absolute atomic E-state index is 12.0. The number of methoxy groups -OCH3 is 1. The van der Waals surface area contributed by atoms with Crippen molar-refractivity contribution in [1.29, 1.82) is 0 Å². The van der Waals surface area contributed by atoms with Gasteiger partial charge in [0.2, 0.25) is 0 Å². The van der Waals surface area contributed by atoms with Crippen LogP contribution in [-0.4, -0.2) is 30.5 Å². The Bertz CT molecular complexity index is 566. The molecule has 0 unspecified atom stereocenters. The molecular weight excluding hydrogens is 284 g/mol. The maximum atomic E-state index is 12.0. The van der Waals surface area contributed by atoms with Crippen LogP contribution in [0.3, 0.4) is 0 Å². The molecule has 0 spiro atoms. The molecule has 0 bridgehead atoms. The molecule has 1 aliphatic rings. The minimum atomic E-state index is -0.436. The van der Waals surface area contributed by atoms with Crippen molar-refractivity contribution in [2.75, 3.05) is 19.0 Å². The van der Waals surface area contributed by atoms with Crippen molar-refractivity contribution >= 4 is 17.2 Å². The Kier molecular flexibility index (Phi) is 5.49. The summed E-state index contributed by atoms with van der Waals surface area (Å²) in [6.07, 6.45) is 5.58. The van der Waals surface area contributed by atoms with Crippen LogP contribution in [0, 0.1) is 17.0 Å².